The van der Waals surface area contributed by atoms with Gasteiger partial charge in [-0.15, -0.1) is 0 Å². The van der Waals surface area contributed by atoms with Crippen LogP contribution >= 0.6 is 0 Å². The number of carbonyl (C=O) groups excluding carboxylic acids is 1. The van der Waals surface area contributed by atoms with E-state index >= 15 is 0 Å². The van der Waals surface area contributed by atoms with Gasteiger partial charge in [0.15, 0.2) is 12.6 Å². The lowest BCUT2D eigenvalue weighted by Crippen LogP contribution is -2.65. The molecule has 9 N–H and O–H groups in total. The van der Waals surface area contributed by atoms with Crippen LogP contribution in [0.5, 0.6) is 0 Å². The molecule has 1 amide bonds. The van der Waals surface area contributed by atoms with E-state index in [0.29, 0.717) is 12.8 Å². The second kappa shape index (κ2) is 63.2. The Balaban J connectivity index is 1.58. The van der Waals surface area contributed by atoms with Crippen molar-refractivity contribution in [3.05, 3.63) is 60.8 Å². The first kappa shape index (κ1) is 86.8. The highest BCUT2D eigenvalue weighted by Gasteiger charge is 2.51. The standard InChI is InChI=1S/C79H145NO13/c1-3-5-7-9-11-13-15-17-19-21-23-25-26-27-28-29-30-31-32-33-34-35-36-37-38-39-40-41-42-43-45-47-49-51-53-55-57-59-61-63-71(84)80-67(68(83)62-60-58-56-54-52-50-48-46-44-24-22-20-18-16-14-12-10-8-6-4-2)66-90-78-76(89)74(87)77(70(65-82)92-78)93-79-75(88)73(86)72(85)69(64-81)91-79/h15,17,21,23,26-27,52,54,60,62,67-70,72-79,81-83,85-89H,3-14,16,18-20,22,24-25,28-51,53,55-59,61,63-66H2,1-2H3,(H,80,84)/b17-15-,23-21-,27-26-,54-52+,62-60+. The van der Waals surface area contributed by atoms with Gasteiger partial charge in [-0.25, -0.2) is 0 Å². The van der Waals surface area contributed by atoms with Crippen LogP contribution < -0.4 is 5.32 Å². The molecule has 0 aliphatic carbocycles. The van der Waals surface area contributed by atoms with Crippen LogP contribution in [0.2, 0.25) is 0 Å². The first-order chi connectivity index (χ1) is 45.6. The van der Waals surface area contributed by atoms with Gasteiger partial charge in [-0.3, -0.25) is 4.79 Å². The third-order valence-corrected chi connectivity index (χ3v) is 18.9. The second-order valence-corrected chi connectivity index (χ2v) is 27.5. The summed E-state index contributed by atoms with van der Waals surface area (Å²) in [5, 5.41) is 87.5. The number of nitrogens with one attached hydrogen (secondary N) is 1. The minimum absolute atomic E-state index is 0.243. The molecule has 0 spiro atoms. The Bertz CT molecular complexity index is 1790. The van der Waals surface area contributed by atoms with E-state index in [0.717, 1.165) is 44.9 Å². The van der Waals surface area contributed by atoms with E-state index in [9.17, 15) is 45.6 Å². The van der Waals surface area contributed by atoms with Gasteiger partial charge >= 0.3 is 0 Å². The highest BCUT2D eigenvalue weighted by Crippen LogP contribution is 2.30. The Labute approximate surface area is 568 Å². The van der Waals surface area contributed by atoms with Gasteiger partial charge in [0.2, 0.25) is 5.91 Å². The fraction of sp³-hybridized carbons (Fsp3) is 0.861. The maximum absolute atomic E-state index is 13.4. The minimum Gasteiger partial charge on any atom is -0.394 e. The lowest BCUT2D eigenvalue weighted by atomic mass is 9.97. The summed E-state index contributed by atoms with van der Waals surface area (Å²) in [7, 11) is 0. The van der Waals surface area contributed by atoms with Gasteiger partial charge < -0.3 is 65.1 Å². The van der Waals surface area contributed by atoms with Gasteiger partial charge in [0, 0.05) is 6.42 Å². The van der Waals surface area contributed by atoms with Crippen LogP contribution in [-0.2, 0) is 23.7 Å². The second-order valence-electron chi connectivity index (χ2n) is 27.5. The average Bonchev–Trinajstić information content (AvgIpc) is 0.854. The third kappa shape index (κ3) is 46.6. The molecule has 93 heavy (non-hydrogen) atoms. The monoisotopic (exact) mass is 1320 g/mol. The van der Waals surface area contributed by atoms with Gasteiger partial charge in [-0.2, -0.15) is 0 Å². The highest BCUT2D eigenvalue weighted by molar-refractivity contribution is 5.76. The summed E-state index contributed by atoms with van der Waals surface area (Å²) in [5.74, 6) is -0.243. The van der Waals surface area contributed by atoms with Crippen molar-refractivity contribution >= 4 is 5.91 Å². The van der Waals surface area contributed by atoms with E-state index in [1.165, 1.54) is 263 Å². The largest absolute Gasteiger partial charge is 0.394 e. The van der Waals surface area contributed by atoms with Gasteiger partial charge in [0.25, 0.3) is 0 Å². The molecule has 0 aromatic rings. The van der Waals surface area contributed by atoms with E-state index in [4.69, 9.17) is 18.9 Å². The zero-order valence-corrected chi connectivity index (χ0v) is 59.5. The molecule has 2 fully saturated rings. The van der Waals surface area contributed by atoms with Gasteiger partial charge in [0.1, 0.15) is 48.8 Å². The fourth-order valence-corrected chi connectivity index (χ4v) is 12.7. The average molecular weight is 1320 g/mol. The SMILES string of the molecule is CCCCCCC/C=C\C/C=C\C/C=C\CCCCCCCCCCCCCCCCCCCCCCCCCCC(=O)NC(COC1OC(CO)C(OC2OC(CO)C(O)C(O)C2O)C(O)C1O)C(O)/C=C/CC/C=C/CCCCCCCCCCCCCCCC. The van der Waals surface area contributed by atoms with Gasteiger partial charge in [-0.1, -0.05) is 325 Å². The molecule has 2 heterocycles. The van der Waals surface area contributed by atoms with E-state index in [1.807, 2.05) is 6.08 Å². The van der Waals surface area contributed by atoms with Crippen molar-refractivity contribution in [2.45, 2.75) is 415 Å². The topological polar surface area (TPSA) is 228 Å². The Hall–Kier alpha value is -2.31. The fourth-order valence-electron chi connectivity index (χ4n) is 12.7. The maximum Gasteiger partial charge on any atom is 0.220 e. The third-order valence-electron chi connectivity index (χ3n) is 18.9. The number of rotatable bonds is 65. The molecule has 12 atom stereocenters. The summed E-state index contributed by atoms with van der Waals surface area (Å²) in [6.45, 7) is 2.81. The lowest BCUT2D eigenvalue weighted by Gasteiger charge is -2.46. The predicted octanol–water partition coefficient (Wildman–Crippen LogP) is 17.2. The molecule has 2 saturated heterocycles. The molecule has 544 valence electrons. The van der Waals surface area contributed by atoms with Crippen molar-refractivity contribution in [3.63, 3.8) is 0 Å². The van der Waals surface area contributed by atoms with Crippen molar-refractivity contribution in [2.24, 2.45) is 0 Å². The van der Waals surface area contributed by atoms with Gasteiger partial charge in [0.05, 0.1) is 32.0 Å². The van der Waals surface area contributed by atoms with Crippen LogP contribution in [0.1, 0.15) is 341 Å². The number of aliphatic hydroxyl groups excluding tert-OH is 8. The number of amides is 1. The van der Waals surface area contributed by atoms with Crippen LogP contribution in [0.4, 0.5) is 0 Å². The van der Waals surface area contributed by atoms with E-state index in [-0.39, 0.29) is 18.9 Å². The number of hydrogen-bond donors (Lipinski definition) is 9. The zero-order valence-electron chi connectivity index (χ0n) is 59.5. The molecule has 0 radical (unpaired) electrons. The Morgan fingerprint density at radius 1 is 0.387 bits per heavy atom. The summed E-state index contributed by atoms with van der Waals surface area (Å²) >= 11 is 0. The molecule has 12 unspecified atom stereocenters. The van der Waals surface area contributed by atoms with Crippen LogP contribution in [0.15, 0.2) is 60.8 Å². The van der Waals surface area contributed by atoms with Crippen LogP contribution in [0.3, 0.4) is 0 Å². The van der Waals surface area contributed by atoms with E-state index < -0.39 is 86.8 Å². The highest BCUT2D eigenvalue weighted by atomic mass is 16.7. The number of ether oxygens (including phenoxy) is 4. The molecule has 14 nitrogen and oxygen atoms in total. The molecule has 2 rings (SSSR count). The van der Waals surface area contributed by atoms with E-state index in [1.54, 1.807) is 6.08 Å². The number of aliphatic hydroxyl groups is 8. The first-order valence-electron chi connectivity index (χ1n) is 39.0. The van der Waals surface area contributed by atoms with Gasteiger partial charge in [-0.05, 0) is 70.6 Å². The van der Waals surface area contributed by atoms with Crippen molar-refractivity contribution in [2.75, 3.05) is 19.8 Å². The van der Waals surface area contributed by atoms with Crippen molar-refractivity contribution in [1.82, 2.24) is 5.32 Å². The molecule has 0 bridgehead atoms. The minimum atomic E-state index is -1.79. The molecular weight excluding hydrogens is 1170 g/mol. The summed E-state index contributed by atoms with van der Waals surface area (Å²) in [6.07, 6.45) is 68.8. The lowest BCUT2D eigenvalue weighted by molar-refractivity contribution is -0.359. The van der Waals surface area contributed by atoms with Crippen molar-refractivity contribution in [1.29, 1.82) is 0 Å². The van der Waals surface area contributed by atoms with Crippen LogP contribution in [0.25, 0.3) is 0 Å². The molecule has 2 aliphatic rings. The summed E-state index contributed by atoms with van der Waals surface area (Å²) < 4.78 is 22.9. The number of carbonyl (C=O) groups is 1. The molecule has 0 aromatic heterocycles. The number of allylic oxidation sites excluding steroid dienone is 9. The van der Waals surface area contributed by atoms with Crippen molar-refractivity contribution in [3.8, 4) is 0 Å². The van der Waals surface area contributed by atoms with Crippen LogP contribution in [0, 0.1) is 0 Å². The quantitative estimate of drug-likeness (QED) is 0.0204. The summed E-state index contributed by atoms with van der Waals surface area (Å²) in [6, 6.07) is -0.932. The Morgan fingerprint density at radius 2 is 0.720 bits per heavy atom. The molecule has 0 aromatic carbocycles. The number of hydrogen-bond acceptors (Lipinski definition) is 13. The smallest absolute Gasteiger partial charge is 0.220 e. The summed E-state index contributed by atoms with van der Waals surface area (Å²) in [4.78, 5) is 13.4. The maximum atomic E-state index is 13.4. The molecule has 14 heteroatoms. The predicted molar refractivity (Wildman–Crippen MR) is 383 cm³/mol. The number of unbranched alkanes of at least 4 members (excludes halogenated alkanes) is 44. The Morgan fingerprint density at radius 3 is 1.13 bits per heavy atom. The summed E-state index contributed by atoms with van der Waals surface area (Å²) in [5.41, 5.74) is 0. The first-order valence-corrected chi connectivity index (χ1v) is 39.0. The normalized spacial score (nSPS) is 22.9. The molecular formula is C79H145NO13. The van der Waals surface area contributed by atoms with Crippen molar-refractivity contribution < 1.29 is 64.6 Å². The molecule has 2 aliphatic heterocycles. The van der Waals surface area contributed by atoms with E-state index in [2.05, 4.69) is 67.8 Å². The molecule has 0 saturated carbocycles. The zero-order chi connectivity index (χ0) is 67.3. The Kier molecular flexibility index (Phi) is 58.9. The van der Waals surface area contributed by atoms with Crippen LogP contribution in [-0.4, -0.2) is 140 Å².